The molecule has 202 valence electrons. The molecule has 0 saturated carbocycles. The first-order valence-electron chi connectivity index (χ1n) is 13.0. The molecular weight excluding hydrogens is 529 g/mol. The number of hydrogen-bond donors (Lipinski definition) is 1. The van der Waals surface area contributed by atoms with E-state index in [1.54, 1.807) is 24.3 Å². The summed E-state index contributed by atoms with van der Waals surface area (Å²) in [5, 5.41) is 4.67. The van der Waals surface area contributed by atoms with E-state index >= 15 is 0 Å². The van der Waals surface area contributed by atoms with Crippen molar-refractivity contribution in [1.82, 2.24) is 15.0 Å². The molecule has 7 nitrogen and oxygen atoms in total. The predicted molar refractivity (Wildman–Crippen MR) is 156 cm³/mol. The van der Waals surface area contributed by atoms with Gasteiger partial charge in [0.2, 0.25) is 0 Å². The van der Waals surface area contributed by atoms with E-state index in [0.29, 0.717) is 16.6 Å². The van der Waals surface area contributed by atoms with E-state index in [1.807, 2.05) is 24.4 Å². The van der Waals surface area contributed by atoms with Gasteiger partial charge in [0, 0.05) is 35.9 Å². The third-order valence-corrected chi connectivity index (χ3v) is 7.10. The van der Waals surface area contributed by atoms with E-state index in [9.17, 15) is 4.39 Å². The minimum Gasteiger partial charge on any atom is -0.487 e. The van der Waals surface area contributed by atoms with Gasteiger partial charge in [-0.15, -0.1) is 0 Å². The molecule has 1 aliphatic rings. The molecule has 0 atom stereocenters. The van der Waals surface area contributed by atoms with Crippen molar-refractivity contribution >= 4 is 39.8 Å². The second-order valence-corrected chi connectivity index (χ2v) is 10.0. The maximum Gasteiger partial charge on any atom is 0.141 e. The Hall–Kier alpha value is -4.27. The number of benzene rings is 3. The van der Waals surface area contributed by atoms with Gasteiger partial charge in [-0.25, -0.2) is 19.3 Å². The molecular formula is C31H27ClFN5O2. The van der Waals surface area contributed by atoms with Gasteiger partial charge in [0.05, 0.1) is 23.8 Å². The van der Waals surface area contributed by atoms with Crippen LogP contribution < -0.4 is 15.0 Å². The second-order valence-electron chi connectivity index (χ2n) is 9.61. The van der Waals surface area contributed by atoms with E-state index in [-0.39, 0.29) is 12.4 Å². The Balaban J connectivity index is 1.22. The zero-order valence-corrected chi connectivity index (χ0v) is 22.7. The number of rotatable bonds is 7. The fourth-order valence-electron chi connectivity index (χ4n) is 4.79. The third kappa shape index (κ3) is 5.68. The molecule has 1 aliphatic heterocycles. The average Bonchev–Trinajstić information content (AvgIpc) is 2.97. The first-order valence-corrected chi connectivity index (χ1v) is 13.4. The summed E-state index contributed by atoms with van der Waals surface area (Å²) in [5.74, 6) is 1.86. The van der Waals surface area contributed by atoms with Gasteiger partial charge in [-0.1, -0.05) is 29.8 Å². The van der Waals surface area contributed by atoms with Crippen LogP contribution >= 0.6 is 11.6 Å². The highest BCUT2D eigenvalue weighted by molar-refractivity contribution is 6.32. The maximum absolute atomic E-state index is 13.5. The number of pyridine rings is 1. The van der Waals surface area contributed by atoms with Crippen molar-refractivity contribution in [2.75, 3.05) is 36.5 Å². The molecule has 0 aliphatic carbocycles. The van der Waals surface area contributed by atoms with Gasteiger partial charge in [0.1, 0.15) is 36.1 Å². The largest absolute Gasteiger partial charge is 0.487 e. The van der Waals surface area contributed by atoms with Crippen LogP contribution in [0.4, 0.5) is 21.7 Å². The van der Waals surface area contributed by atoms with Crippen LogP contribution in [-0.2, 0) is 11.3 Å². The number of hydrogen-bond acceptors (Lipinski definition) is 7. The molecule has 1 fully saturated rings. The van der Waals surface area contributed by atoms with E-state index in [4.69, 9.17) is 26.1 Å². The lowest BCUT2D eigenvalue weighted by Gasteiger charge is -2.29. The standard InChI is InChI=1S/C31H27ClFN5O2/c1-20-13-23(17-34-31(20)38-9-11-39-12-10-38)22-5-7-28-26(15-22)30(36-19-35-28)37-25-6-8-29(27(32)16-25)40-18-21-3-2-4-24(33)14-21/h2-8,13-17,19H,9-12,18H2,1H3,(H,35,36,37). The van der Waals surface area contributed by atoms with Crippen molar-refractivity contribution in [1.29, 1.82) is 0 Å². The topological polar surface area (TPSA) is 72.4 Å². The number of aromatic nitrogens is 3. The fraction of sp³-hybridized carbons (Fsp3) is 0.194. The van der Waals surface area contributed by atoms with Crippen LogP contribution in [-0.4, -0.2) is 41.3 Å². The highest BCUT2D eigenvalue weighted by atomic mass is 35.5. The molecule has 6 rings (SSSR count). The summed E-state index contributed by atoms with van der Waals surface area (Å²) in [6.45, 7) is 5.44. The average molecular weight is 556 g/mol. The minimum absolute atomic E-state index is 0.214. The van der Waals surface area contributed by atoms with E-state index in [0.717, 1.165) is 71.0 Å². The van der Waals surface area contributed by atoms with Gasteiger partial charge in [-0.05, 0) is 72.1 Å². The molecule has 5 aromatic rings. The summed E-state index contributed by atoms with van der Waals surface area (Å²) in [6, 6.07) is 20.0. The van der Waals surface area contributed by atoms with Crippen LogP contribution in [0, 0.1) is 12.7 Å². The Kier molecular flexibility index (Phi) is 7.44. The summed E-state index contributed by atoms with van der Waals surface area (Å²) in [4.78, 5) is 16.0. The Morgan fingerprint density at radius 2 is 1.85 bits per heavy atom. The van der Waals surface area contributed by atoms with Gasteiger partial charge in [-0.3, -0.25) is 0 Å². The lowest BCUT2D eigenvalue weighted by atomic mass is 10.0. The van der Waals surface area contributed by atoms with Crippen molar-refractivity contribution < 1.29 is 13.9 Å². The lowest BCUT2D eigenvalue weighted by molar-refractivity contribution is 0.122. The minimum atomic E-state index is -0.302. The van der Waals surface area contributed by atoms with E-state index in [1.165, 1.54) is 18.5 Å². The Morgan fingerprint density at radius 1 is 0.975 bits per heavy atom. The molecule has 3 aromatic carbocycles. The van der Waals surface area contributed by atoms with Crippen molar-refractivity contribution in [2.24, 2.45) is 0 Å². The number of anilines is 3. The zero-order chi connectivity index (χ0) is 27.5. The zero-order valence-electron chi connectivity index (χ0n) is 21.9. The number of aryl methyl sites for hydroxylation is 1. The molecule has 1 saturated heterocycles. The number of nitrogens with one attached hydrogen (secondary N) is 1. The molecule has 0 unspecified atom stereocenters. The number of halogens is 2. The number of fused-ring (bicyclic) bond motifs is 1. The van der Waals surface area contributed by atoms with Gasteiger partial charge in [-0.2, -0.15) is 0 Å². The van der Waals surface area contributed by atoms with Crippen molar-refractivity contribution in [3.05, 3.63) is 101 Å². The normalized spacial score (nSPS) is 13.4. The number of nitrogens with zero attached hydrogens (tertiary/aromatic N) is 4. The summed E-state index contributed by atoms with van der Waals surface area (Å²) < 4.78 is 24.7. The van der Waals surface area contributed by atoms with E-state index < -0.39 is 0 Å². The number of ether oxygens (including phenoxy) is 2. The van der Waals surface area contributed by atoms with Gasteiger partial charge >= 0.3 is 0 Å². The van der Waals surface area contributed by atoms with Crippen molar-refractivity contribution in [3.8, 4) is 16.9 Å². The molecule has 0 bridgehead atoms. The quantitative estimate of drug-likeness (QED) is 0.233. The first kappa shape index (κ1) is 26.0. The van der Waals surface area contributed by atoms with Crippen LogP contribution in [0.2, 0.25) is 5.02 Å². The number of morpholine rings is 1. The maximum atomic E-state index is 13.5. The molecule has 0 amide bonds. The smallest absolute Gasteiger partial charge is 0.141 e. The van der Waals surface area contributed by atoms with Gasteiger partial charge in [0.25, 0.3) is 0 Å². The molecule has 0 radical (unpaired) electrons. The monoisotopic (exact) mass is 555 g/mol. The Bertz CT molecular complexity index is 1680. The molecule has 3 heterocycles. The lowest BCUT2D eigenvalue weighted by Crippen LogP contribution is -2.37. The predicted octanol–water partition coefficient (Wildman–Crippen LogP) is 6.95. The summed E-state index contributed by atoms with van der Waals surface area (Å²) in [6.07, 6.45) is 3.45. The highest BCUT2D eigenvalue weighted by Gasteiger charge is 2.16. The summed E-state index contributed by atoms with van der Waals surface area (Å²) in [7, 11) is 0. The molecule has 0 spiro atoms. The van der Waals surface area contributed by atoms with Gasteiger partial charge < -0.3 is 19.7 Å². The first-order chi connectivity index (χ1) is 19.5. The molecule has 9 heteroatoms. The molecule has 1 N–H and O–H groups in total. The summed E-state index contributed by atoms with van der Waals surface area (Å²) >= 11 is 6.51. The second kappa shape index (κ2) is 11.5. The van der Waals surface area contributed by atoms with Crippen molar-refractivity contribution in [2.45, 2.75) is 13.5 Å². The highest BCUT2D eigenvalue weighted by Crippen LogP contribution is 2.33. The van der Waals surface area contributed by atoms with E-state index in [2.05, 4.69) is 39.2 Å². The van der Waals surface area contributed by atoms with Crippen LogP contribution in [0.25, 0.3) is 22.0 Å². The van der Waals surface area contributed by atoms with Crippen LogP contribution in [0.15, 0.2) is 79.3 Å². The molecule has 2 aromatic heterocycles. The van der Waals surface area contributed by atoms with Gasteiger partial charge in [0.15, 0.2) is 0 Å². The SMILES string of the molecule is Cc1cc(-c2ccc3ncnc(Nc4ccc(OCc5cccc(F)c5)c(Cl)c4)c3c2)cnc1N1CCOCC1. The van der Waals surface area contributed by atoms with Crippen LogP contribution in [0.3, 0.4) is 0 Å². The molecule has 40 heavy (non-hydrogen) atoms. The third-order valence-electron chi connectivity index (χ3n) is 6.81. The fourth-order valence-corrected chi connectivity index (χ4v) is 5.02. The van der Waals surface area contributed by atoms with Crippen LogP contribution in [0.1, 0.15) is 11.1 Å². The summed E-state index contributed by atoms with van der Waals surface area (Å²) in [5.41, 5.74) is 5.46. The Morgan fingerprint density at radius 3 is 2.65 bits per heavy atom. The Labute approximate surface area is 236 Å². The van der Waals surface area contributed by atoms with Crippen molar-refractivity contribution in [3.63, 3.8) is 0 Å². The van der Waals surface area contributed by atoms with Crippen LogP contribution in [0.5, 0.6) is 5.75 Å².